The van der Waals surface area contributed by atoms with Gasteiger partial charge in [-0.05, 0) is 85.1 Å². The molecular weight excluding hydrogens is 392 g/mol. The highest BCUT2D eigenvalue weighted by Gasteiger charge is 2.42. The molecule has 172 valence electrons. The van der Waals surface area contributed by atoms with Gasteiger partial charge in [-0.1, -0.05) is 30.3 Å². The molecule has 0 aromatic heterocycles. The van der Waals surface area contributed by atoms with Gasteiger partial charge in [-0.25, -0.2) is 0 Å². The number of hydrogen-bond acceptors (Lipinski definition) is 6. The third kappa shape index (κ3) is 6.07. The normalized spacial score (nSPS) is 19.3. The number of nitrogens with one attached hydrogen (secondary N) is 2. The van der Waals surface area contributed by atoms with Crippen molar-refractivity contribution in [2.75, 3.05) is 26.2 Å². The summed E-state index contributed by atoms with van der Waals surface area (Å²) in [5.41, 5.74) is -0.673. The number of benzene rings is 1. The van der Waals surface area contributed by atoms with Crippen LogP contribution >= 0.6 is 0 Å². The average Bonchev–Trinajstić information content (AvgIpc) is 2.75. The van der Waals surface area contributed by atoms with Crippen LogP contribution in [0.3, 0.4) is 0 Å². The maximum atomic E-state index is 13.4. The van der Waals surface area contributed by atoms with E-state index in [1.165, 1.54) is 0 Å². The molecule has 1 aromatic rings. The van der Waals surface area contributed by atoms with Crippen LogP contribution in [0.25, 0.3) is 0 Å². The molecule has 0 radical (unpaired) electrons. The predicted octanol–water partition coefficient (Wildman–Crippen LogP) is 3.41. The quantitative estimate of drug-likeness (QED) is 0.510. The number of esters is 2. The van der Waals surface area contributed by atoms with Crippen molar-refractivity contribution in [1.29, 1.82) is 0 Å². The molecule has 2 N–H and O–H groups in total. The Bertz CT molecular complexity index is 691. The maximum Gasteiger partial charge on any atom is 0.325 e. The van der Waals surface area contributed by atoms with E-state index in [0.29, 0.717) is 5.56 Å². The largest absolute Gasteiger partial charge is 0.458 e. The molecular formula is C25H38N2O4. The van der Waals surface area contributed by atoms with E-state index in [2.05, 4.69) is 10.6 Å². The molecule has 1 aromatic carbocycles. The van der Waals surface area contributed by atoms with Gasteiger partial charge in [-0.2, -0.15) is 0 Å². The topological polar surface area (TPSA) is 76.7 Å². The second kappa shape index (κ2) is 10.1. The summed E-state index contributed by atoms with van der Waals surface area (Å²) in [6.45, 7) is 11.5. The molecule has 0 unspecified atom stereocenters. The van der Waals surface area contributed by atoms with Crippen LogP contribution in [0.5, 0.6) is 0 Å². The van der Waals surface area contributed by atoms with Crippen molar-refractivity contribution >= 4 is 11.9 Å². The summed E-state index contributed by atoms with van der Waals surface area (Å²) in [7, 11) is 0. The van der Waals surface area contributed by atoms with Crippen LogP contribution in [0, 0.1) is 11.8 Å². The Morgan fingerprint density at radius 1 is 0.774 bits per heavy atom. The third-order valence-corrected chi connectivity index (χ3v) is 6.98. The molecule has 0 atom stereocenters. The summed E-state index contributed by atoms with van der Waals surface area (Å²) < 4.78 is 12.0. The highest BCUT2D eigenvalue weighted by molar-refractivity contribution is 6.01. The van der Waals surface area contributed by atoms with Crippen molar-refractivity contribution in [3.63, 3.8) is 0 Å². The van der Waals surface area contributed by atoms with Crippen molar-refractivity contribution in [2.45, 2.75) is 70.5 Å². The second-order valence-corrected chi connectivity index (χ2v) is 9.94. The van der Waals surface area contributed by atoms with Gasteiger partial charge in [0.15, 0.2) is 5.92 Å². The zero-order chi connectivity index (χ0) is 22.5. The van der Waals surface area contributed by atoms with Gasteiger partial charge in [0.05, 0.1) is 0 Å². The number of hydrogen-bond donors (Lipinski definition) is 2. The number of carbonyl (C=O) groups is 2. The summed E-state index contributed by atoms with van der Waals surface area (Å²) in [6.07, 6.45) is 3.79. The van der Waals surface area contributed by atoms with Crippen LogP contribution in [0.2, 0.25) is 0 Å². The Morgan fingerprint density at radius 3 is 1.55 bits per heavy atom. The SMILES string of the molecule is CC(C)(OC(=O)C(C(=O)OC(C)(C)C1CCNCC1)c1ccccc1)C1CCNCC1. The first-order chi connectivity index (χ1) is 14.7. The molecule has 0 spiro atoms. The van der Waals surface area contributed by atoms with Crippen molar-refractivity contribution in [1.82, 2.24) is 10.6 Å². The summed E-state index contributed by atoms with van der Waals surface area (Å²) in [5.74, 6) is -1.61. The van der Waals surface area contributed by atoms with E-state index in [-0.39, 0.29) is 11.8 Å². The second-order valence-electron chi connectivity index (χ2n) is 9.94. The van der Waals surface area contributed by atoms with Gasteiger partial charge < -0.3 is 20.1 Å². The van der Waals surface area contributed by atoms with Gasteiger partial charge in [0.2, 0.25) is 0 Å². The highest BCUT2D eigenvalue weighted by Crippen LogP contribution is 2.34. The average molecular weight is 431 g/mol. The first-order valence-corrected chi connectivity index (χ1v) is 11.6. The van der Waals surface area contributed by atoms with E-state index in [1.807, 2.05) is 45.9 Å². The van der Waals surface area contributed by atoms with Gasteiger partial charge in [0.25, 0.3) is 0 Å². The van der Waals surface area contributed by atoms with Crippen molar-refractivity contribution in [2.24, 2.45) is 11.8 Å². The fraction of sp³-hybridized carbons (Fsp3) is 0.680. The fourth-order valence-corrected chi connectivity index (χ4v) is 4.85. The number of piperidine rings is 2. The lowest BCUT2D eigenvalue weighted by atomic mass is 9.83. The summed E-state index contributed by atoms with van der Waals surface area (Å²) in [6, 6.07) is 9.12. The Kier molecular flexibility index (Phi) is 7.76. The Labute approximate surface area is 186 Å². The van der Waals surface area contributed by atoms with E-state index in [4.69, 9.17) is 9.47 Å². The zero-order valence-corrected chi connectivity index (χ0v) is 19.4. The Hall–Kier alpha value is -1.92. The van der Waals surface area contributed by atoms with Crippen LogP contribution in [-0.4, -0.2) is 49.3 Å². The Balaban J connectivity index is 1.77. The number of ether oxygens (including phenoxy) is 2. The van der Waals surface area contributed by atoms with E-state index in [9.17, 15) is 9.59 Å². The van der Waals surface area contributed by atoms with Gasteiger partial charge in [-0.15, -0.1) is 0 Å². The molecule has 2 heterocycles. The minimum Gasteiger partial charge on any atom is -0.458 e. The first kappa shape index (κ1) is 23.7. The van der Waals surface area contributed by atoms with Crippen molar-refractivity contribution < 1.29 is 19.1 Å². The molecule has 6 nitrogen and oxygen atoms in total. The zero-order valence-electron chi connectivity index (χ0n) is 19.4. The summed E-state index contributed by atoms with van der Waals surface area (Å²) >= 11 is 0. The lowest BCUT2D eigenvalue weighted by Gasteiger charge is -2.39. The maximum absolute atomic E-state index is 13.4. The molecule has 0 saturated carbocycles. The molecule has 0 amide bonds. The molecule has 0 aliphatic carbocycles. The lowest BCUT2D eigenvalue weighted by Crippen LogP contribution is -2.46. The van der Waals surface area contributed by atoms with Gasteiger partial charge in [0.1, 0.15) is 11.2 Å². The van der Waals surface area contributed by atoms with E-state index in [1.54, 1.807) is 12.1 Å². The first-order valence-electron chi connectivity index (χ1n) is 11.6. The molecule has 3 rings (SSSR count). The van der Waals surface area contributed by atoms with E-state index < -0.39 is 29.1 Å². The van der Waals surface area contributed by atoms with Crippen LogP contribution in [0.15, 0.2) is 30.3 Å². The summed E-state index contributed by atoms with van der Waals surface area (Å²) in [4.78, 5) is 26.7. The van der Waals surface area contributed by atoms with Crippen LogP contribution < -0.4 is 10.6 Å². The number of rotatable bonds is 7. The molecule has 2 aliphatic heterocycles. The third-order valence-electron chi connectivity index (χ3n) is 6.98. The molecule has 6 heteroatoms. The van der Waals surface area contributed by atoms with Gasteiger partial charge in [0, 0.05) is 11.8 Å². The minimum absolute atomic E-state index is 0.260. The molecule has 2 fully saturated rings. The standard InChI is InChI=1S/C25H38N2O4/c1-24(2,19-10-14-26-15-11-19)30-22(28)21(18-8-6-5-7-9-18)23(29)31-25(3,4)20-12-16-27-17-13-20/h5-9,19-21,26-27H,10-17H2,1-4H3. The van der Waals surface area contributed by atoms with E-state index >= 15 is 0 Å². The summed E-state index contributed by atoms with van der Waals surface area (Å²) in [5, 5.41) is 6.69. The van der Waals surface area contributed by atoms with Crippen molar-refractivity contribution in [3.05, 3.63) is 35.9 Å². The van der Waals surface area contributed by atoms with E-state index in [0.717, 1.165) is 51.9 Å². The highest BCUT2D eigenvalue weighted by atomic mass is 16.6. The van der Waals surface area contributed by atoms with Gasteiger partial charge >= 0.3 is 11.9 Å². The van der Waals surface area contributed by atoms with Crippen LogP contribution in [-0.2, 0) is 19.1 Å². The van der Waals surface area contributed by atoms with Gasteiger partial charge in [-0.3, -0.25) is 9.59 Å². The van der Waals surface area contributed by atoms with Crippen molar-refractivity contribution in [3.8, 4) is 0 Å². The van der Waals surface area contributed by atoms with Crippen LogP contribution in [0.1, 0.15) is 64.9 Å². The predicted molar refractivity (Wildman–Crippen MR) is 121 cm³/mol. The molecule has 31 heavy (non-hydrogen) atoms. The lowest BCUT2D eigenvalue weighted by molar-refractivity contribution is -0.177. The van der Waals surface area contributed by atoms with Crippen LogP contribution in [0.4, 0.5) is 0 Å². The number of carbonyl (C=O) groups excluding carboxylic acids is 2. The smallest absolute Gasteiger partial charge is 0.325 e. The minimum atomic E-state index is -1.08. The molecule has 2 aliphatic rings. The monoisotopic (exact) mass is 430 g/mol. The molecule has 0 bridgehead atoms. The Morgan fingerprint density at radius 2 is 1.16 bits per heavy atom. The fourth-order valence-electron chi connectivity index (χ4n) is 4.85. The molecule has 2 saturated heterocycles.